The molecule has 3 atom stereocenters. The number of nitrogens with one attached hydrogen (secondary N) is 3. The van der Waals surface area contributed by atoms with E-state index in [9.17, 15) is 38.7 Å². The minimum Gasteiger partial charge on any atom is -0.461 e. The van der Waals surface area contributed by atoms with Crippen LogP contribution in [0.5, 0.6) is 0 Å². The van der Waals surface area contributed by atoms with Gasteiger partial charge in [0.1, 0.15) is 44.6 Å². The van der Waals surface area contributed by atoms with Gasteiger partial charge in [0.2, 0.25) is 17.7 Å². The number of aliphatic hydroxyl groups is 1. The first-order valence-electron chi connectivity index (χ1n) is 19.9. The van der Waals surface area contributed by atoms with Crippen molar-refractivity contribution in [1.82, 2.24) is 16.0 Å². The second-order valence-corrected chi connectivity index (χ2v) is 13.9. The Labute approximate surface area is 354 Å². The number of carbonyl (C=O) groups excluding carboxylic acids is 7. The zero-order valence-electron chi connectivity index (χ0n) is 33.7. The highest BCUT2D eigenvalue weighted by atomic mass is 16.5. The molecule has 3 amide bonds. The number of ether oxygens (including phenoxy) is 4. The molecule has 0 saturated heterocycles. The highest BCUT2D eigenvalue weighted by Crippen LogP contribution is 2.12. The fraction of sp³-hybridized carbons (Fsp3) is 0.326. The van der Waals surface area contributed by atoms with E-state index in [0.717, 1.165) is 11.1 Å². The molecule has 0 radical (unpaired) electrons. The van der Waals surface area contributed by atoms with Crippen molar-refractivity contribution in [2.24, 2.45) is 0 Å². The maximum Gasteiger partial charge on any atom is 0.328 e. The van der Waals surface area contributed by atoms with Gasteiger partial charge in [-0.15, -0.1) is 0 Å². The third-order valence-corrected chi connectivity index (χ3v) is 9.08. The second-order valence-electron chi connectivity index (χ2n) is 13.9. The van der Waals surface area contributed by atoms with Crippen molar-refractivity contribution in [3.05, 3.63) is 144 Å². The van der Waals surface area contributed by atoms with Crippen molar-refractivity contribution in [2.45, 2.75) is 89.5 Å². The van der Waals surface area contributed by atoms with Gasteiger partial charge in [-0.2, -0.15) is 0 Å². The first-order chi connectivity index (χ1) is 29.6. The first-order valence-corrected chi connectivity index (χ1v) is 19.9. The number of rotatable bonds is 25. The molecule has 15 nitrogen and oxygen atoms in total. The number of hydrogen-bond acceptors (Lipinski definition) is 12. The molecular weight excluding hydrogens is 787 g/mol. The van der Waals surface area contributed by atoms with Gasteiger partial charge >= 0.3 is 23.9 Å². The smallest absolute Gasteiger partial charge is 0.328 e. The van der Waals surface area contributed by atoms with Crippen LogP contribution in [0, 0.1) is 0 Å². The first kappa shape index (κ1) is 46.8. The maximum atomic E-state index is 13.8. The Morgan fingerprint density at radius 2 is 0.738 bits per heavy atom. The Hall–Kier alpha value is -6.87. The molecule has 0 bridgehead atoms. The summed E-state index contributed by atoms with van der Waals surface area (Å²) in [5.41, 5.74) is 2.89. The van der Waals surface area contributed by atoms with Gasteiger partial charge in [-0.3, -0.25) is 24.0 Å². The van der Waals surface area contributed by atoms with E-state index in [1.165, 1.54) is 0 Å². The lowest BCUT2D eigenvalue weighted by Crippen LogP contribution is -2.52. The van der Waals surface area contributed by atoms with Crippen LogP contribution in [0.1, 0.15) is 67.2 Å². The number of aliphatic hydroxyl groups excluding tert-OH is 1. The molecule has 61 heavy (non-hydrogen) atoms. The van der Waals surface area contributed by atoms with Gasteiger partial charge in [0.25, 0.3) is 0 Å². The predicted molar refractivity (Wildman–Crippen MR) is 220 cm³/mol. The fourth-order valence-corrected chi connectivity index (χ4v) is 5.75. The third kappa shape index (κ3) is 18.3. The van der Waals surface area contributed by atoms with Gasteiger partial charge in [-0.25, -0.2) is 9.59 Å². The van der Waals surface area contributed by atoms with Crippen LogP contribution in [0.15, 0.2) is 121 Å². The largest absolute Gasteiger partial charge is 0.461 e. The standard InChI is InChI=1S/C46H51N3O12/c50-28-27-41(52)47-37(44(55)49-39(46(57)61-32-36-19-11-4-12-20-36)23-26-43(54)59-30-34-15-7-2-8-16-34)21-24-40(51)48-38(45(56)60-31-35-17-9-3-10-18-35)22-25-42(53)58-29-33-13-5-1-6-14-33/h1-20,37-39,50H,21-32H2,(H,47,52)(H,48,51)(H,49,55). The summed E-state index contributed by atoms with van der Waals surface area (Å²) in [6, 6.07) is 31.6. The molecule has 4 N–H and O–H groups in total. The van der Waals surface area contributed by atoms with Crippen LogP contribution in [-0.4, -0.2) is 71.4 Å². The number of benzene rings is 4. The van der Waals surface area contributed by atoms with Gasteiger partial charge < -0.3 is 40.0 Å². The van der Waals surface area contributed by atoms with E-state index in [-0.39, 0.29) is 65.0 Å². The van der Waals surface area contributed by atoms with Crippen LogP contribution >= 0.6 is 0 Å². The average molecular weight is 838 g/mol. The van der Waals surface area contributed by atoms with Crippen molar-refractivity contribution in [3.63, 3.8) is 0 Å². The normalized spacial score (nSPS) is 12.1. The van der Waals surface area contributed by atoms with Crippen LogP contribution in [0.4, 0.5) is 0 Å². The maximum absolute atomic E-state index is 13.8. The summed E-state index contributed by atoms with van der Waals surface area (Å²) in [5.74, 6) is -5.21. The summed E-state index contributed by atoms with van der Waals surface area (Å²) in [7, 11) is 0. The molecule has 3 unspecified atom stereocenters. The van der Waals surface area contributed by atoms with Crippen molar-refractivity contribution in [2.75, 3.05) is 6.61 Å². The Bertz CT molecular complexity index is 2000. The van der Waals surface area contributed by atoms with Gasteiger partial charge in [-0.1, -0.05) is 121 Å². The van der Waals surface area contributed by atoms with Crippen molar-refractivity contribution in [1.29, 1.82) is 0 Å². The molecule has 0 saturated carbocycles. The molecule has 0 heterocycles. The number of esters is 4. The van der Waals surface area contributed by atoms with E-state index < -0.39 is 72.8 Å². The zero-order valence-corrected chi connectivity index (χ0v) is 33.7. The molecule has 322 valence electrons. The molecule has 0 aliphatic heterocycles. The number of hydrogen-bond donors (Lipinski definition) is 4. The lowest BCUT2D eigenvalue weighted by atomic mass is 10.1. The predicted octanol–water partition coefficient (Wildman–Crippen LogP) is 4.14. The molecule has 0 aliphatic carbocycles. The monoisotopic (exact) mass is 837 g/mol. The topological polar surface area (TPSA) is 213 Å². The summed E-state index contributed by atoms with van der Waals surface area (Å²) in [4.78, 5) is 91.7. The Morgan fingerprint density at radius 1 is 0.410 bits per heavy atom. The number of amides is 3. The van der Waals surface area contributed by atoms with E-state index >= 15 is 0 Å². The van der Waals surface area contributed by atoms with Crippen LogP contribution in [0.25, 0.3) is 0 Å². The lowest BCUT2D eigenvalue weighted by molar-refractivity contribution is -0.151. The average Bonchev–Trinajstić information content (AvgIpc) is 3.28. The Balaban J connectivity index is 1.41. The van der Waals surface area contributed by atoms with Crippen molar-refractivity contribution >= 4 is 41.6 Å². The minimum atomic E-state index is -1.41. The Kier molecular flexibility index (Phi) is 20.2. The van der Waals surface area contributed by atoms with E-state index in [1.54, 1.807) is 109 Å². The molecule has 15 heteroatoms. The van der Waals surface area contributed by atoms with E-state index in [0.29, 0.717) is 11.1 Å². The molecule has 0 aliphatic rings. The fourth-order valence-electron chi connectivity index (χ4n) is 5.75. The molecule has 4 rings (SSSR count). The van der Waals surface area contributed by atoms with Crippen LogP contribution < -0.4 is 16.0 Å². The van der Waals surface area contributed by atoms with Gasteiger partial charge in [0, 0.05) is 25.7 Å². The quantitative estimate of drug-likeness (QED) is 0.0548. The molecule has 4 aromatic rings. The molecular formula is C46H51N3O12. The van der Waals surface area contributed by atoms with E-state index in [4.69, 9.17) is 18.9 Å². The van der Waals surface area contributed by atoms with Crippen LogP contribution in [0.2, 0.25) is 0 Å². The van der Waals surface area contributed by atoms with Crippen LogP contribution in [-0.2, 0) is 78.9 Å². The second kappa shape index (κ2) is 26.3. The summed E-state index contributed by atoms with van der Waals surface area (Å²) in [6.45, 7) is -0.726. The minimum absolute atomic E-state index is 0.000128. The molecule has 0 aromatic heterocycles. The molecule has 0 fully saturated rings. The lowest BCUT2D eigenvalue weighted by Gasteiger charge is -2.23. The number of carbonyl (C=O) groups is 7. The zero-order chi connectivity index (χ0) is 43.7. The van der Waals surface area contributed by atoms with Gasteiger partial charge in [-0.05, 0) is 41.5 Å². The summed E-state index contributed by atoms with van der Waals surface area (Å²) in [6.07, 6.45) is -1.97. The highest BCUT2D eigenvalue weighted by molar-refractivity contribution is 5.92. The summed E-state index contributed by atoms with van der Waals surface area (Å²) >= 11 is 0. The van der Waals surface area contributed by atoms with Gasteiger partial charge in [0.05, 0.1) is 6.61 Å². The summed E-state index contributed by atoms with van der Waals surface area (Å²) < 4.78 is 21.6. The van der Waals surface area contributed by atoms with E-state index in [2.05, 4.69) is 16.0 Å². The third-order valence-electron chi connectivity index (χ3n) is 9.08. The molecule has 4 aromatic carbocycles. The summed E-state index contributed by atoms with van der Waals surface area (Å²) in [5, 5.41) is 16.9. The van der Waals surface area contributed by atoms with E-state index in [1.807, 2.05) is 12.1 Å². The van der Waals surface area contributed by atoms with Crippen LogP contribution in [0.3, 0.4) is 0 Å². The molecule has 0 spiro atoms. The Morgan fingerprint density at radius 3 is 1.13 bits per heavy atom. The van der Waals surface area contributed by atoms with Gasteiger partial charge in [0.15, 0.2) is 0 Å². The van der Waals surface area contributed by atoms with Crippen molar-refractivity contribution < 1.29 is 57.6 Å². The SMILES string of the molecule is O=C(CCO)NC(CCC(=O)NC(CCC(=O)OCc1ccccc1)C(=O)OCc1ccccc1)C(=O)NC(CCC(=O)OCc1ccccc1)C(=O)OCc1ccccc1. The van der Waals surface area contributed by atoms with Crippen molar-refractivity contribution in [3.8, 4) is 0 Å². The highest BCUT2D eigenvalue weighted by Gasteiger charge is 2.30.